The molecule has 0 spiro atoms. The zero-order valence-electron chi connectivity index (χ0n) is 13.7. The number of hydrogen-bond donors (Lipinski definition) is 2. The maximum absolute atomic E-state index is 9.65. The van der Waals surface area contributed by atoms with Crippen molar-refractivity contribution in [2.45, 2.75) is 18.9 Å². The third kappa shape index (κ3) is 3.39. The van der Waals surface area contributed by atoms with Crippen LogP contribution in [0.1, 0.15) is 29.7 Å². The molecule has 0 amide bonds. The second kappa shape index (κ2) is 6.91. The van der Waals surface area contributed by atoms with Crippen LogP contribution >= 0.6 is 11.8 Å². The number of hydrogen-bond acceptors (Lipinski definition) is 7. The van der Waals surface area contributed by atoms with Gasteiger partial charge in [0.15, 0.2) is 0 Å². The lowest BCUT2D eigenvalue weighted by atomic mass is 10.1. The van der Waals surface area contributed by atoms with E-state index in [2.05, 4.69) is 32.7 Å². The maximum Gasteiger partial charge on any atom is 0.223 e. The zero-order chi connectivity index (χ0) is 17.9. The van der Waals surface area contributed by atoms with Crippen LogP contribution in [0.2, 0.25) is 0 Å². The van der Waals surface area contributed by atoms with Crippen molar-refractivity contribution < 1.29 is 0 Å². The number of rotatable bonds is 4. The van der Waals surface area contributed by atoms with E-state index in [9.17, 15) is 5.26 Å². The molecule has 0 saturated heterocycles. The first kappa shape index (κ1) is 16.2. The minimum Gasteiger partial charge on any atom is -0.351 e. The summed E-state index contributed by atoms with van der Waals surface area (Å²) in [6.07, 6.45) is 3.93. The van der Waals surface area contributed by atoms with Crippen molar-refractivity contribution in [2.24, 2.45) is 0 Å². The number of nitrogens with zero attached hydrogens (tertiary/aromatic N) is 4. The molecule has 4 rings (SSSR count). The highest BCUT2D eigenvalue weighted by Gasteiger charge is 2.23. The standard InChI is InChI=1S/C19H14N6S/c20-9-12-1-3-13(4-2-12)17-11-26-18(24-17)15(10-21)16-7-8-22-19(25-16)23-14-5-6-14/h1-4,7-8,11,14,24H,5-6H2,(H,22,23,25). The Labute approximate surface area is 155 Å². The predicted molar refractivity (Wildman–Crippen MR) is 101 cm³/mol. The number of nitriles is 2. The van der Waals surface area contributed by atoms with Crippen molar-refractivity contribution in [3.63, 3.8) is 0 Å². The first-order valence-corrected chi connectivity index (χ1v) is 9.03. The van der Waals surface area contributed by atoms with Crippen molar-refractivity contribution in [2.75, 3.05) is 5.32 Å². The van der Waals surface area contributed by atoms with Gasteiger partial charge in [-0.25, -0.2) is 9.97 Å². The normalized spacial score (nSPS) is 17.5. The van der Waals surface area contributed by atoms with Gasteiger partial charge in [0.2, 0.25) is 5.95 Å². The third-order valence-electron chi connectivity index (χ3n) is 4.03. The van der Waals surface area contributed by atoms with E-state index in [1.807, 2.05) is 17.5 Å². The van der Waals surface area contributed by atoms with E-state index in [1.54, 1.807) is 24.4 Å². The summed E-state index contributed by atoms with van der Waals surface area (Å²) < 4.78 is 0. The van der Waals surface area contributed by atoms with Gasteiger partial charge in [-0.05, 0) is 36.6 Å². The first-order valence-electron chi connectivity index (χ1n) is 8.15. The van der Waals surface area contributed by atoms with Gasteiger partial charge in [-0.2, -0.15) is 10.5 Å². The van der Waals surface area contributed by atoms with Gasteiger partial charge in [-0.3, -0.25) is 0 Å². The molecular formula is C19H14N6S. The average molecular weight is 358 g/mol. The van der Waals surface area contributed by atoms with Crippen LogP contribution in [0.15, 0.2) is 47.0 Å². The van der Waals surface area contributed by atoms with Crippen molar-refractivity contribution in [1.29, 1.82) is 10.5 Å². The Morgan fingerprint density at radius 3 is 2.69 bits per heavy atom. The first-order chi connectivity index (χ1) is 12.8. The van der Waals surface area contributed by atoms with E-state index in [0.717, 1.165) is 29.1 Å². The van der Waals surface area contributed by atoms with E-state index >= 15 is 0 Å². The lowest BCUT2D eigenvalue weighted by molar-refractivity contribution is 1.04. The summed E-state index contributed by atoms with van der Waals surface area (Å²) in [6, 6.07) is 13.9. The number of aromatic nitrogens is 2. The predicted octanol–water partition coefficient (Wildman–Crippen LogP) is 3.45. The Morgan fingerprint density at radius 2 is 2.00 bits per heavy atom. The molecular weight excluding hydrogens is 344 g/mol. The van der Waals surface area contributed by atoms with E-state index < -0.39 is 0 Å². The molecule has 0 bridgehead atoms. The van der Waals surface area contributed by atoms with Crippen LogP contribution in [-0.4, -0.2) is 16.0 Å². The van der Waals surface area contributed by atoms with Gasteiger partial charge in [-0.15, -0.1) is 0 Å². The van der Waals surface area contributed by atoms with Crippen molar-refractivity contribution in [3.8, 4) is 12.1 Å². The molecule has 7 heteroatoms. The molecule has 1 aromatic carbocycles. The minimum atomic E-state index is 0.451. The van der Waals surface area contributed by atoms with Crippen LogP contribution in [0.25, 0.3) is 11.3 Å². The summed E-state index contributed by atoms with van der Waals surface area (Å²) >= 11 is 1.45. The van der Waals surface area contributed by atoms with Crippen LogP contribution < -0.4 is 10.6 Å². The number of benzene rings is 1. The molecule has 0 atom stereocenters. The topological polar surface area (TPSA) is 97.4 Å². The lowest BCUT2D eigenvalue weighted by Gasteiger charge is -2.08. The molecule has 0 unspecified atom stereocenters. The van der Waals surface area contributed by atoms with Gasteiger partial charge in [-0.1, -0.05) is 23.9 Å². The molecule has 126 valence electrons. The quantitative estimate of drug-likeness (QED) is 0.808. The Morgan fingerprint density at radius 1 is 1.19 bits per heavy atom. The molecule has 2 aliphatic rings. The monoisotopic (exact) mass is 358 g/mol. The van der Waals surface area contributed by atoms with Crippen molar-refractivity contribution in [1.82, 2.24) is 15.3 Å². The molecule has 2 N–H and O–H groups in total. The average Bonchev–Trinajstić information content (AvgIpc) is 3.36. The summed E-state index contributed by atoms with van der Waals surface area (Å²) in [7, 11) is 0. The summed E-state index contributed by atoms with van der Waals surface area (Å²) in [4.78, 5) is 8.69. The molecule has 1 aliphatic carbocycles. The summed E-state index contributed by atoms with van der Waals surface area (Å²) in [5, 5.41) is 27.8. The molecule has 1 aromatic heterocycles. The Bertz CT molecular complexity index is 990. The SMILES string of the molecule is N#CC(=C1NC(c2ccc(C#N)cc2)=CS1)c1ccnc(NC2CC2)n1. The molecule has 1 saturated carbocycles. The minimum absolute atomic E-state index is 0.451. The number of nitrogens with one attached hydrogen (secondary N) is 2. The summed E-state index contributed by atoms with van der Waals surface area (Å²) in [5.74, 6) is 0.557. The van der Waals surface area contributed by atoms with Crippen LogP contribution in [0.4, 0.5) is 5.95 Å². The van der Waals surface area contributed by atoms with Crippen LogP contribution in [0.5, 0.6) is 0 Å². The smallest absolute Gasteiger partial charge is 0.223 e. The van der Waals surface area contributed by atoms with E-state index in [1.165, 1.54) is 11.8 Å². The molecule has 0 radical (unpaired) electrons. The highest BCUT2D eigenvalue weighted by atomic mass is 32.2. The molecule has 6 nitrogen and oxygen atoms in total. The van der Waals surface area contributed by atoms with Gasteiger partial charge in [0.25, 0.3) is 0 Å². The number of thioether (sulfide) groups is 1. The fourth-order valence-electron chi connectivity index (χ4n) is 2.49. The number of anilines is 1. The van der Waals surface area contributed by atoms with Gasteiger partial charge in [0.05, 0.1) is 28.1 Å². The Hall–Kier alpha value is -3.29. The fraction of sp³-hybridized carbons (Fsp3) is 0.158. The summed E-state index contributed by atoms with van der Waals surface area (Å²) in [5.41, 5.74) is 3.55. The van der Waals surface area contributed by atoms with Gasteiger partial charge >= 0.3 is 0 Å². The molecule has 1 fully saturated rings. The molecule has 2 aromatic rings. The van der Waals surface area contributed by atoms with Crippen molar-refractivity contribution in [3.05, 3.63) is 63.8 Å². The molecule has 1 aliphatic heterocycles. The van der Waals surface area contributed by atoms with E-state index in [4.69, 9.17) is 5.26 Å². The largest absolute Gasteiger partial charge is 0.351 e. The Kier molecular flexibility index (Phi) is 4.30. The fourth-order valence-corrected chi connectivity index (χ4v) is 3.35. The second-order valence-electron chi connectivity index (χ2n) is 5.96. The second-order valence-corrected chi connectivity index (χ2v) is 6.84. The number of allylic oxidation sites excluding steroid dienone is 1. The highest BCUT2D eigenvalue weighted by Crippen LogP contribution is 2.34. The Balaban J connectivity index is 1.57. The zero-order valence-corrected chi connectivity index (χ0v) is 14.5. The van der Waals surface area contributed by atoms with Crippen molar-refractivity contribution >= 4 is 29.0 Å². The molecule has 26 heavy (non-hydrogen) atoms. The van der Waals surface area contributed by atoms with Crippen LogP contribution in [0, 0.1) is 22.7 Å². The lowest BCUT2D eigenvalue weighted by Crippen LogP contribution is -2.09. The molecule has 2 heterocycles. The summed E-state index contributed by atoms with van der Waals surface area (Å²) in [6.45, 7) is 0. The van der Waals surface area contributed by atoms with E-state index in [-0.39, 0.29) is 0 Å². The third-order valence-corrected chi connectivity index (χ3v) is 4.92. The van der Waals surface area contributed by atoms with Crippen LogP contribution in [-0.2, 0) is 0 Å². The van der Waals surface area contributed by atoms with Gasteiger partial charge < -0.3 is 10.6 Å². The highest BCUT2D eigenvalue weighted by molar-refractivity contribution is 8.06. The maximum atomic E-state index is 9.65. The van der Waals surface area contributed by atoms with Gasteiger partial charge in [0.1, 0.15) is 11.6 Å². The van der Waals surface area contributed by atoms with E-state index in [0.29, 0.717) is 28.8 Å². The van der Waals surface area contributed by atoms with Crippen LogP contribution in [0.3, 0.4) is 0 Å². The van der Waals surface area contributed by atoms with Gasteiger partial charge in [0, 0.05) is 17.6 Å².